The number of aromatic hydroxyl groups is 1. The molecule has 0 bridgehead atoms. The molecule has 2 aliphatic rings. The molecule has 1 saturated heterocycles. The fourth-order valence-corrected chi connectivity index (χ4v) is 3.69. The first-order chi connectivity index (χ1) is 12.1. The zero-order chi connectivity index (χ0) is 17.4. The molecule has 0 aromatic heterocycles. The average Bonchev–Trinajstić information content (AvgIpc) is 3.20. The van der Waals surface area contributed by atoms with Crippen LogP contribution in [0.25, 0.3) is 11.3 Å². The van der Waals surface area contributed by atoms with Crippen LogP contribution in [-0.2, 0) is 4.79 Å². The van der Waals surface area contributed by atoms with Crippen molar-refractivity contribution in [2.45, 2.75) is 12.5 Å². The van der Waals surface area contributed by atoms with E-state index in [2.05, 4.69) is 31.9 Å². The summed E-state index contributed by atoms with van der Waals surface area (Å²) in [7, 11) is 0. The third kappa shape index (κ3) is 3.15. The van der Waals surface area contributed by atoms with E-state index < -0.39 is 0 Å². The SMILES string of the molecule is O=C1Nc2ccc(Br)cc2/C1=C(/NC1CCNC1)c1cccc(O)c1. The summed E-state index contributed by atoms with van der Waals surface area (Å²) in [5.74, 6) is 0.0414. The molecule has 2 aliphatic heterocycles. The summed E-state index contributed by atoms with van der Waals surface area (Å²) in [6.45, 7) is 1.80. The molecule has 2 aromatic rings. The lowest BCUT2D eigenvalue weighted by molar-refractivity contribution is -0.110. The Balaban J connectivity index is 1.88. The third-order valence-electron chi connectivity index (χ3n) is 4.52. The van der Waals surface area contributed by atoms with Gasteiger partial charge in [-0.1, -0.05) is 28.1 Å². The number of hydrogen-bond acceptors (Lipinski definition) is 4. The van der Waals surface area contributed by atoms with Crippen molar-refractivity contribution in [3.8, 4) is 5.75 Å². The molecule has 1 fully saturated rings. The Labute approximate surface area is 154 Å². The van der Waals surface area contributed by atoms with Gasteiger partial charge in [0, 0.05) is 33.9 Å². The van der Waals surface area contributed by atoms with Gasteiger partial charge in [0.1, 0.15) is 5.75 Å². The Kier molecular flexibility index (Phi) is 4.23. The molecule has 4 rings (SSSR count). The molecule has 2 aromatic carbocycles. The number of phenolic OH excluding ortho intramolecular Hbond substituents is 1. The normalized spacial score (nSPS) is 21.0. The van der Waals surface area contributed by atoms with E-state index in [1.165, 1.54) is 0 Å². The highest BCUT2D eigenvalue weighted by Crippen LogP contribution is 2.38. The van der Waals surface area contributed by atoms with Crippen molar-refractivity contribution in [2.24, 2.45) is 0 Å². The van der Waals surface area contributed by atoms with Gasteiger partial charge >= 0.3 is 0 Å². The van der Waals surface area contributed by atoms with Crippen molar-refractivity contribution >= 4 is 38.8 Å². The molecule has 1 unspecified atom stereocenters. The molecular formula is C19H18BrN3O2. The van der Waals surface area contributed by atoms with E-state index in [0.717, 1.165) is 46.5 Å². The van der Waals surface area contributed by atoms with E-state index in [4.69, 9.17) is 0 Å². The largest absolute Gasteiger partial charge is 0.508 e. The maximum absolute atomic E-state index is 12.7. The van der Waals surface area contributed by atoms with Crippen LogP contribution in [0.4, 0.5) is 5.69 Å². The van der Waals surface area contributed by atoms with Crippen LogP contribution in [-0.4, -0.2) is 30.1 Å². The molecule has 4 N–H and O–H groups in total. The first-order valence-electron chi connectivity index (χ1n) is 8.24. The number of carbonyl (C=O) groups is 1. The second kappa shape index (κ2) is 6.54. The van der Waals surface area contributed by atoms with Gasteiger partial charge in [0.2, 0.25) is 0 Å². The average molecular weight is 400 g/mol. The third-order valence-corrected chi connectivity index (χ3v) is 5.01. The van der Waals surface area contributed by atoms with Gasteiger partial charge < -0.3 is 21.1 Å². The molecule has 0 saturated carbocycles. The smallest absolute Gasteiger partial charge is 0.258 e. The molecule has 0 radical (unpaired) electrons. The minimum absolute atomic E-state index is 0.134. The highest BCUT2D eigenvalue weighted by Gasteiger charge is 2.30. The summed E-state index contributed by atoms with van der Waals surface area (Å²) in [5.41, 5.74) is 3.81. The number of benzene rings is 2. The highest BCUT2D eigenvalue weighted by molar-refractivity contribution is 9.10. The molecule has 0 spiro atoms. The molecule has 0 aliphatic carbocycles. The van der Waals surface area contributed by atoms with Crippen LogP contribution in [0.3, 0.4) is 0 Å². The van der Waals surface area contributed by atoms with E-state index >= 15 is 0 Å². The van der Waals surface area contributed by atoms with Crippen LogP contribution >= 0.6 is 15.9 Å². The molecule has 1 amide bonds. The van der Waals surface area contributed by atoms with Crippen molar-refractivity contribution in [3.05, 3.63) is 58.1 Å². The van der Waals surface area contributed by atoms with Crippen molar-refractivity contribution in [1.82, 2.24) is 10.6 Å². The lowest BCUT2D eigenvalue weighted by atomic mass is 9.99. The molecule has 2 heterocycles. The first kappa shape index (κ1) is 16.2. The maximum atomic E-state index is 12.7. The topological polar surface area (TPSA) is 73.4 Å². The van der Waals surface area contributed by atoms with Crippen LogP contribution in [0.5, 0.6) is 5.75 Å². The van der Waals surface area contributed by atoms with Gasteiger partial charge in [0.15, 0.2) is 0 Å². The van der Waals surface area contributed by atoms with Crippen LogP contribution < -0.4 is 16.0 Å². The quantitative estimate of drug-likeness (QED) is 0.598. The van der Waals surface area contributed by atoms with Gasteiger partial charge in [-0.05, 0) is 43.3 Å². The number of nitrogens with one attached hydrogen (secondary N) is 3. The molecule has 25 heavy (non-hydrogen) atoms. The fourth-order valence-electron chi connectivity index (χ4n) is 3.33. The van der Waals surface area contributed by atoms with Gasteiger partial charge in [-0.2, -0.15) is 0 Å². The van der Waals surface area contributed by atoms with Crippen LogP contribution in [0.1, 0.15) is 17.5 Å². The highest BCUT2D eigenvalue weighted by atomic mass is 79.9. The van der Waals surface area contributed by atoms with Gasteiger partial charge in [0.05, 0.1) is 11.3 Å². The Morgan fingerprint density at radius 2 is 2.12 bits per heavy atom. The summed E-state index contributed by atoms with van der Waals surface area (Å²) in [4.78, 5) is 12.7. The van der Waals surface area contributed by atoms with E-state index in [0.29, 0.717) is 5.57 Å². The Morgan fingerprint density at radius 3 is 2.88 bits per heavy atom. The van der Waals surface area contributed by atoms with Crippen LogP contribution in [0.15, 0.2) is 46.9 Å². The van der Waals surface area contributed by atoms with Crippen molar-refractivity contribution in [2.75, 3.05) is 18.4 Å². The minimum Gasteiger partial charge on any atom is -0.508 e. The second-order valence-corrected chi connectivity index (χ2v) is 7.19. The van der Waals surface area contributed by atoms with E-state index in [9.17, 15) is 9.90 Å². The predicted molar refractivity (Wildman–Crippen MR) is 102 cm³/mol. The summed E-state index contributed by atoms with van der Waals surface area (Å²) >= 11 is 3.49. The Hall–Kier alpha value is -2.31. The zero-order valence-corrected chi connectivity index (χ0v) is 15.1. The number of phenols is 1. The zero-order valence-electron chi connectivity index (χ0n) is 13.5. The fraction of sp³-hybridized carbons (Fsp3) is 0.211. The Morgan fingerprint density at radius 1 is 1.24 bits per heavy atom. The summed E-state index contributed by atoms with van der Waals surface area (Å²) in [5, 5.41) is 19.7. The molecular weight excluding hydrogens is 382 g/mol. The minimum atomic E-state index is -0.134. The summed E-state index contributed by atoms with van der Waals surface area (Å²) in [6.07, 6.45) is 0.989. The maximum Gasteiger partial charge on any atom is 0.258 e. The van der Waals surface area contributed by atoms with E-state index in [-0.39, 0.29) is 17.7 Å². The van der Waals surface area contributed by atoms with Crippen molar-refractivity contribution in [1.29, 1.82) is 0 Å². The van der Waals surface area contributed by atoms with E-state index in [1.807, 2.05) is 24.3 Å². The lowest BCUT2D eigenvalue weighted by Crippen LogP contribution is -2.31. The number of rotatable bonds is 3. The van der Waals surface area contributed by atoms with Crippen molar-refractivity contribution < 1.29 is 9.90 Å². The predicted octanol–water partition coefficient (Wildman–Crippen LogP) is 2.93. The molecule has 6 heteroatoms. The Bertz CT molecular complexity index is 873. The number of carbonyl (C=O) groups excluding carboxylic acids is 1. The standard InChI is InChI=1S/C19H18BrN3O2/c20-12-4-5-16-15(9-12)17(19(25)23-16)18(22-13-6-7-21-10-13)11-2-1-3-14(24)8-11/h1-5,8-9,13,21-22,24H,6-7,10H2,(H,23,25)/b18-17-. The van der Waals surface area contributed by atoms with Gasteiger partial charge in [-0.25, -0.2) is 0 Å². The van der Waals surface area contributed by atoms with Crippen LogP contribution in [0, 0.1) is 0 Å². The van der Waals surface area contributed by atoms with Gasteiger partial charge in [0.25, 0.3) is 5.91 Å². The summed E-state index contributed by atoms with van der Waals surface area (Å²) in [6, 6.07) is 13.0. The van der Waals surface area contributed by atoms with Gasteiger partial charge in [-0.15, -0.1) is 0 Å². The van der Waals surface area contributed by atoms with Crippen molar-refractivity contribution in [3.63, 3.8) is 0 Å². The number of fused-ring (bicyclic) bond motifs is 1. The molecule has 1 atom stereocenters. The first-order valence-corrected chi connectivity index (χ1v) is 9.03. The molecule has 5 nitrogen and oxygen atoms in total. The number of anilines is 1. The molecule has 128 valence electrons. The van der Waals surface area contributed by atoms with Crippen LogP contribution in [0.2, 0.25) is 0 Å². The lowest BCUT2D eigenvalue weighted by Gasteiger charge is -2.19. The van der Waals surface area contributed by atoms with Gasteiger partial charge in [-0.3, -0.25) is 4.79 Å². The number of halogens is 1. The van der Waals surface area contributed by atoms with E-state index in [1.54, 1.807) is 18.2 Å². The number of hydrogen-bond donors (Lipinski definition) is 4. The number of amides is 1. The monoisotopic (exact) mass is 399 g/mol. The summed E-state index contributed by atoms with van der Waals surface area (Å²) < 4.78 is 0.915. The second-order valence-electron chi connectivity index (χ2n) is 6.28.